The Bertz CT molecular complexity index is 903. The lowest BCUT2D eigenvalue weighted by Crippen LogP contribution is -2.48. The third kappa shape index (κ3) is 6.69. The van der Waals surface area contributed by atoms with Gasteiger partial charge in [-0.05, 0) is 61.6 Å². The van der Waals surface area contributed by atoms with Crippen LogP contribution in [-0.4, -0.2) is 22.8 Å². The molecule has 0 saturated carbocycles. The summed E-state index contributed by atoms with van der Waals surface area (Å²) < 4.78 is 5.31. The van der Waals surface area contributed by atoms with E-state index in [-0.39, 0.29) is 11.0 Å². The van der Waals surface area contributed by atoms with E-state index in [9.17, 15) is 14.4 Å². The first-order valence-corrected chi connectivity index (χ1v) is 8.84. The number of amides is 3. The number of carbonyl (C=O) groups excluding carboxylic acids is 3. The summed E-state index contributed by atoms with van der Waals surface area (Å²) in [6.07, 6.45) is 3.13. The summed E-state index contributed by atoms with van der Waals surface area (Å²) in [5, 5.41) is 5.01. The first kappa shape index (κ1) is 20.8. The first-order chi connectivity index (χ1) is 13.4. The van der Waals surface area contributed by atoms with Gasteiger partial charge in [-0.1, -0.05) is 6.92 Å². The fourth-order valence-corrected chi connectivity index (χ4v) is 2.18. The minimum absolute atomic E-state index is 0.0644. The van der Waals surface area contributed by atoms with Crippen LogP contribution in [0.5, 0.6) is 0 Å². The van der Waals surface area contributed by atoms with Crippen LogP contribution in [-0.2, 0) is 9.59 Å². The van der Waals surface area contributed by atoms with E-state index in [1.165, 1.54) is 12.2 Å². The first-order valence-electron chi connectivity index (χ1n) is 8.43. The lowest BCUT2D eigenvalue weighted by Gasteiger charge is -2.10. The van der Waals surface area contributed by atoms with Crippen molar-refractivity contribution < 1.29 is 18.8 Å². The van der Waals surface area contributed by atoms with E-state index in [0.717, 1.165) is 5.76 Å². The van der Waals surface area contributed by atoms with Crippen molar-refractivity contribution in [1.82, 2.24) is 16.2 Å². The van der Waals surface area contributed by atoms with Crippen LogP contribution in [0, 0.1) is 6.92 Å². The van der Waals surface area contributed by atoms with Gasteiger partial charge in [0.15, 0.2) is 5.11 Å². The molecule has 0 atom stereocenters. The zero-order valence-corrected chi connectivity index (χ0v) is 16.2. The van der Waals surface area contributed by atoms with Crippen LogP contribution < -0.4 is 21.5 Å². The molecular formula is C19H20N4O4S. The van der Waals surface area contributed by atoms with Crippen molar-refractivity contribution in [2.75, 3.05) is 5.32 Å². The molecule has 2 aromatic rings. The Hall–Kier alpha value is -3.46. The molecule has 146 valence electrons. The maximum Gasteiger partial charge on any atom is 0.269 e. The number of hydrogen-bond donors (Lipinski definition) is 4. The van der Waals surface area contributed by atoms with Crippen LogP contribution in [0.2, 0.25) is 0 Å². The highest BCUT2D eigenvalue weighted by Crippen LogP contribution is 2.10. The highest BCUT2D eigenvalue weighted by Gasteiger charge is 2.07. The maximum absolute atomic E-state index is 12.1. The molecule has 1 aromatic heterocycles. The largest absolute Gasteiger partial charge is 0.462 e. The van der Waals surface area contributed by atoms with Gasteiger partial charge in [-0.3, -0.25) is 30.6 Å². The SMILES string of the molecule is CCC(=O)Nc1ccc(C(=O)NNC(=S)NC(=O)C=Cc2ccc(C)o2)cc1. The van der Waals surface area contributed by atoms with Crippen molar-refractivity contribution in [3.63, 3.8) is 0 Å². The van der Waals surface area contributed by atoms with Gasteiger partial charge >= 0.3 is 0 Å². The van der Waals surface area contributed by atoms with Crippen LogP contribution in [0.1, 0.15) is 35.2 Å². The number of carbonyl (C=O) groups is 3. The fourth-order valence-electron chi connectivity index (χ4n) is 2.03. The predicted molar refractivity (Wildman–Crippen MR) is 109 cm³/mol. The van der Waals surface area contributed by atoms with Gasteiger partial charge in [0.1, 0.15) is 11.5 Å². The highest BCUT2D eigenvalue weighted by atomic mass is 32.1. The number of benzene rings is 1. The van der Waals surface area contributed by atoms with Crippen molar-refractivity contribution >= 4 is 46.8 Å². The molecule has 0 fully saturated rings. The van der Waals surface area contributed by atoms with Crippen LogP contribution in [0.4, 0.5) is 5.69 Å². The van der Waals surface area contributed by atoms with E-state index in [1.807, 2.05) is 0 Å². The second kappa shape index (κ2) is 10.0. The zero-order chi connectivity index (χ0) is 20.5. The van der Waals surface area contributed by atoms with E-state index in [2.05, 4.69) is 21.5 Å². The number of hydrogen-bond acceptors (Lipinski definition) is 5. The van der Waals surface area contributed by atoms with E-state index >= 15 is 0 Å². The van der Waals surface area contributed by atoms with Crippen molar-refractivity contribution in [1.29, 1.82) is 0 Å². The normalized spacial score (nSPS) is 10.4. The fraction of sp³-hybridized carbons (Fsp3) is 0.158. The summed E-state index contributed by atoms with van der Waals surface area (Å²) in [4.78, 5) is 35.2. The van der Waals surface area contributed by atoms with Crippen molar-refractivity contribution in [2.24, 2.45) is 0 Å². The number of anilines is 1. The lowest BCUT2D eigenvalue weighted by atomic mass is 10.2. The van der Waals surface area contributed by atoms with Gasteiger partial charge < -0.3 is 9.73 Å². The van der Waals surface area contributed by atoms with Gasteiger partial charge in [-0.15, -0.1) is 0 Å². The monoisotopic (exact) mass is 400 g/mol. The average Bonchev–Trinajstić information content (AvgIpc) is 3.10. The molecule has 3 amide bonds. The van der Waals surface area contributed by atoms with Gasteiger partial charge in [0, 0.05) is 23.7 Å². The maximum atomic E-state index is 12.1. The van der Waals surface area contributed by atoms with E-state index in [1.54, 1.807) is 50.2 Å². The number of nitrogens with one attached hydrogen (secondary N) is 4. The molecule has 4 N–H and O–H groups in total. The van der Waals surface area contributed by atoms with Crippen LogP contribution in [0.15, 0.2) is 46.9 Å². The summed E-state index contributed by atoms with van der Waals surface area (Å²) in [6.45, 7) is 3.55. The third-order valence-corrected chi connectivity index (χ3v) is 3.64. The molecule has 8 nitrogen and oxygen atoms in total. The molecule has 1 heterocycles. The molecule has 2 rings (SSSR count). The number of hydrazine groups is 1. The van der Waals surface area contributed by atoms with Crippen molar-refractivity contribution in [3.05, 3.63) is 59.6 Å². The molecule has 9 heteroatoms. The second-order valence-electron chi connectivity index (χ2n) is 5.66. The highest BCUT2D eigenvalue weighted by molar-refractivity contribution is 7.80. The second-order valence-corrected chi connectivity index (χ2v) is 6.07. The van der Waals surface area contributed by atoms with E-state index < -0.39 is 11.8 Å². The third-order valence-electron chi connectivity index (χ3n) is 3.44. The summed E-state index contributed by atoms with van der Waals surface area (Å²) in [5.74, 6) is 0.235. The van der Waals surface area contributed by atoms with Crippen LogP contribution in [0.3, 0.4) is 0 Å². The molecule has 0 bridgehead atoms. The smallest absolute Gasteiger partial charge is 0.269 e. The predicted octanol–water partition coefficient (Wildman–Crippen LogP) is 2.29. The molecule has 0 saturated heterocycles. The topological polar surface area (TPSA) is 112 Å². The Morgan fingerprint density at radius 3 is 2.39 bits per heavy atom. The minimum atomic E-state index is -0.475. The molecule has 0 unspecified atom stereocenters. The number of aryl methyl sites for hydroxylation is 1. The van der Waals surface area contributed by atoms with Crippen LogP contribution in [0.25, 0.3) is 6.08 Å². The van der Waals surface area contributed by atoms with Crippen molar-refractivity contribution in [2.45, 2.75) is 20.3 Å². The molecule has 0 radical (unpaired) electrons. The molecule has 0 aliphatic heterocycles. The molecule has 1 aromatic carbocycles. The lowest BCUT2D eigenvalue weighted by molar-refractivity contribution is -0.116. The summed E-state index contributed by atoms with van der Waals surface area (Å²) in [6, 6.07) is 9.85. The Morgan fingerprint density at radius 2 is 1.79 bits per heavy atom. The van der Waals surface area contributed by atoms with Gasteiger partial charge in [0.05, 0.1) is 0 Å². The van der Waals surface area contributed by atoms with Gasteiger partial charge in [-0.25, -0.2) is 0 Å². The zero-order valence-electron chi connectivity index (χ0n) is 15.4. The quantitative estimate of drug-likeness (QED) is 0.348. The standard InChI is InChI=1S/C19H20N4O4S/c1-3-16(24)20-14-7-5-13(6-8-14)18(26)22-23-19(28)21-17(25)11-10-15-9-4-12(2)27-15/h4-11H,3H2,1-2H3,(H,20,24)(H,22,26)(H2,21,23,25,28). The summed E-state index contributed by atoms with van der Waals surface area (Å²) in [5.41, 5.74) is 5.77. The van der Waals surface area contributed by atoms with Gasteiger partial charge in [0.2, 0.25) is 11.8 Å². The Labute approximate surface area is 167 Å². The average molecular weight is 400 g/mol. The molecule has 0 aliphatic rings. The number of rotatable bonds is 5. The minimum Gasteiger partial charge on any atom is -0.462 e. The number of thiocarbonyl (C=S) groups is 1. The van der Waals surface area contributed by atoms with E-state index in [4.69, 9.17) is 16.6 Å². The molecule has 0 aliphatic carbocycles. The Balaban J connectivity index is 1.78. The Morgan fingerprint density at radius 1 is 1.07 bits per heavy atom. The summed E-state index contributed by atoms with van der Waals surface area (Å²) in [7, 11) is 0. The Kier molecular flexibility index (Phi) is 7.46. The van der Waals surface area contributed by atoms with Gasteiger partial charge in [0.25, 0.3) is 5.91 Å². The molecule has 28 heavy (non-hydrogen) atoms. The van der Waals surface area contributed by atoms with E-state index in [0.29, 0.717) is 23.4 Å². The van der Waals surface area contributed by atoms with Crippen molar-refractivity contribution in [3.8, 4) is 0 Å². The van der Waals surface area contributed by atoms with Gasteiger partial charge in [-0.2, -0.15) is 0 Å². The molecule has 0 spiro atoms. The number of furan rings is 1. The molecular weight excluding hydrogens is 380 g/mol. The summed E-state index contributed by atoms with van der Waals surface area (Å²) >= 11 is 4.95. The van der Waals surface area contributed by atoms with Crippen LogP contribution >= 0.6 is 12.2 Å².